The van der Waals surface area contributed by atoms with Crippen molar-refractivity contribution in [1.29, 1.82) is 0 Å². The van der Waals surface area contributed by atoms with Crippen LogP contribution in [0.15, 0.2) is 41.7 Å². The van der Waals surface area contributed by atoms with Gasteiger partial charge in [-0.1, -0.05) is 47.4 Å². The van der Waals surface area contributed by atoms with Crippen LogP contribution < -0.4 is 0 Å². The molecular formula is C18H22ClN3O2. The molecule has 1 aliphatic heterocycles. The zero-order valence-electron chi connectivity index (χ0n) is 13.6. The molecule has 1 atom stereocenters. The molecule has 0 bridgehead atoms. The summed E-state index contributed by atoms with van der Waals surface area (Å²) in [6.07, 6.45) is 4.80. The molecule has 1 aromatic heterocycles. The Labute approximate surface area is 146 Å². The largest absolute Gasteiger partial charge is 0.392 e. The molecule has 2 aromatic rings. The standard InChI is InChI=1S/C18H22ClN3O2/c19-18(17-16-7-3-2-6-14(16)8-9-20-17)21-24-13-15(23)12-22-10-4-1-5-11-22/h2-3,6-9,15,23H,1,4-5,10-13H2. The molecule has 128 valence electrons. The van der Waals surface area contributed by atoms with Gasteiger partial charge in [-0.25, -0.2) is 0 Å². The van der Waals surface area contributed by atoms with Crippen LogP contribution in [0.25, 0.3) is 10.8 Å². The first-order valence-electron chi connectivity index (χ1n) is 8.34. The van der Waals surface area contributed by atoms with E-state index in [0.29, 0.717) is 12.2 Å². The number of fused-ring (bicyclic) bond motifs is 1. The fourth-order valence-electron chi connectivity index (χ4n) is 3.00. The first-order valence-corrected chi connectivity index (χ1v) is 8.72. The molecule has 1 unspecified atom stereocenters. The maximum Gasteiger partial charge on any atom is 0.194 e. The lowest BCUT2D eigenvalue weighted by Gasteiger charge is -2.27. The quantitative estimate of drug-likeness (QED) is 0.644. The minimum atomic E-state index is -0.572. The van der Waals surface area contributed by atoms with Crippen molar-refractivity contribution >= 4 is 27.5 Å². The Kier molecular flexibility index (Phi) is 6.01. The van der Waals surface area contributed by atoms with Gasteiger partial charge in [0.25, 0.3) is 0 Å². The molecule has 6 heteroatoms. The molecule has 0 saturated carbocycles. The molecule has 5 nitrogen and oxygen atoms in total. The van der Waals surface area contributed by atoms with E-state index in [2.05, 4.69) is 15.0 Å². The van der Waals surface area contributed by atoms with Crippen LogP contribution in [-0.2, 0) is 4.84 Å². The van der Waals surface area contributed by atoms with Gasteiger partial charge in [0.1, 0.15) is 18.4 Å². The summed E-state index contributed by atoms with van der Waals surface area (Å²) in [6.45, 7) is 2.82. The molecule has 1 N–H and O–H groups in total. The van der Waals surface area contributed by atoms with Crippen LogP contribution >= 0.6 is 11.6 Å². The van der Waals surface area contributed by atoms with Gasteiger partial charge in [0.15, 0.2) is 5.17 Å². The van der Waals surface area contributed by atoms with Crippen LogP contribution in [0.4, 0.5) is 0 Å². The summed E-state index contributed by atoms with van der Waals surface area (Å²) in [7, 11) is 0. The number of likely N-dealkylation sites (tertiary alicyclic amines) is 1. The summed E-state index contributed by atoms with van der Waals surface area (Å²) in [4.78, 5) is 11.8. The monoisotopic (exact) mass is 347 g/mol. The van der Waals surface area contributed by atoms with Crippen molar-refractivity contribution < 1.29 is 9.94 Å². The van der Waals surface area contributed by atoms with E-state index in [0.717, 1.165) is 23.9 Å². The third-order valence-electron chi connectivity index (χ3n) is 4.20. The average molecular weight is 348 g/mol. The van der Waals surface area contributed by atoms with E-state index in [1.54, 1.807) is 6.20 Å². The second-order valence-corrected chi connectivity index (χ2v) is 6.43. The maximum atomic E-state index is 10.1. The highest BCUT2D eigenvalue weighted by Crippen LogP contribution is 2.18. The number of aliphatic hydroxyl groups excluding tert-OH is 1. The Morgan fingerprint density at radius 3 is 2.88 bits per heavy atom. The molecule has 1 fully saturated rings. The number of aliphatic hydroxyl groups is 1. The van der Waals surface area contributed by atoms with E-state index in [1.807, 2.05) is 30.3 Å². The molecule has 0 spiro atoms. The van der Waals surface area contributed by atoms with Crippen molar-refractivity contribution in [2.24, 2.45) is 5.16 Å². The summed E-state index contributed by atoms with van der Waals surface area (Å²) in [5.41, 5.74) is 0.584. The summed E-state index contributed by atoms with van der Waals surface area (Å²) in [5, 5.41) is 16.1. The van der Waals surface area contributed by atoms with Gasteiger partial charge in [-0.15, -0.1) is 0 Å². The zero-order valence-corrected chi connectivity index (χ0v) is 14.3. The second-order valence-electron chi connectivity index (χ2n) is 6.07. The van der Waals surface area contributed by atoms with Crippen LogP contribution in [0.1, 0.15) is 25.0 Å². The fraction of sp³-hybridized carbons (Fsp3) is 0.444. The summed E-state index contributed by atoms with van der Waals surface area (Å²) >= 11 is 6.23. The molecule has 2 heterocycles. The number of aromatic nitrogens is 1. The molecule has 3 rings (SSSR count). The number of hydrogen-bond acceptors (Lipinski definition) is 5. The van der Waals surface area contributed by atoms with Crippen LogP contribution in [0, 0.1) is 0 Å². The van der Waals surface area contributed by atoms with Gasteiger partial charge in [0.2, 0.25) is 0 Å². The summed E-state index contributed by atoms with van der Waals surface area (Å²) in [5.74, 6) is 0. The van der Waals surface area contributed by atoms with Crippen molar-refractivity contribution in [2.45, 2.75) is 25.4 Å². The number of benzene rings is 1. The van der Waals surface area contributed by atoms with Crippen molar-refractivity contribution in [3.8, 4) is 0 Å². The van der Waals surface area contributed by atoms with Crippen LogP contribution in [0.2, 0.25) is 0 Å². The van der Waals surface area contributed by atoms with Crippen LogP contribution in [-0.4, -0.2) is 52.5 Å². The Morgan fingerprint density at radius 2 is 2.04 bits per heavy atom. The van der Waals surface area contributed by atoms with Gasteiger partial charge in [-0.2, -0.15) is 0 Å². The highest BCUT2D eigenvalue weighted by molar-refractivity contribution is 6.70. The number of nitrogens with zero attached hydrogens (tertiary/aromatic N) is 3. The fourth-order valence-corrected chi connectivity index (χ4v) is 3.20. The minimum Gasteiger partial charge on any atom is -0.392 e. The maximum absolute atomic E-state index is 10.1. The minimum absolute atomic E-state index is 0.123. The third kappa shape index (κ3) is 4.44. The summed E-state index contributed by atoms with van der Waals surface area (Å²) in [6, 6.07) is 9.76. The zero-order chi connectivity index (χ0) is 16.8. The lowest BCUT2D eigenvalue weighted by Crippen LogP contribution is -2.38. The van der Waals surface area contributed by atoms with E-state index in [4.69, 9.17) is 16.4 Å². The number of piperidine rings is 1. The number of rotatable bonds is 6. The number of pyridine rings is 1. The highest BCUT2D eigenvalue weighted by atomic mass is 35.5. The predicted octanol–water partition coefficient (Wildman–Crippen LogP) is 3.00. The topological polar surface area (TPSA) is 58.0 Å². The molecule has 1 saturated heterocycles. The number of halogens is 1. The van der Waals surface area contributed by atoms with Gasteiger partial charge in [0.05, 0.1) is 0 Å². The lowest BCUT2D eigenvalue weighted by atomic mass is 10.1. The number of β-amino-alcohol motifs (C(OH)–C–C–N with tert-alkyl or cyclic N) is 1. The molecule has 1 aliphatic rings. The number of hydrogen-bond donors (Lipinski definition) is 1. The smallest absolute Gasteiger partial charge is 0.194 e. The van der Waals surface area contributed by atoms with Crippen molar-refractivity contribution in [3.63, 3.8) is 0 Å². The lowest BCUT2D eigenvalue weighted by molar-refractivity contribution is 0.0161. The normalized spacial score (nSPS) is 17.8. The van der Waals surface area contributed by atoms with Crippen LogP contribution in [0.5, 0.6) is 0 Å². The predicted molar refractivity (Wildman–Crippen MR) is 96.4 cm³/mol. The van der Waals surface area contributed by atoms with Crippen molar-refractivity contribution in [2.75, 3.05) is 26.2 Å². The molecule has 1 aromatic carbocycles. The van der Waals surface area contributed by atoms with Gasteiger partial charge in [-0.3, -0.25) is 4.98 Å². The first kappa shape index (κ1) is 17.1. The van der Waals surface area contributed by atoms with Gasteiger partial charge >= 0.3 is 0 Å². The van der Waals surface area contributed by atoms with E-state index < -0.39 is 6.10 Å². The van der Waals surface area contributed by atoms with Crippen molar-refractivity contribution in [1.82, 2.24) is 9.88 Å². The van der Waals surface area contributed by atoms with Crippen molar-refractivity contribution in [3.05, 3.63) is 42.2 Å². The molecule has 0 radical (unpaired) electrons. The Bertz CT molecular complexity index is 696. The second kappa shape index (κ2) is 8.42. The van der Waals surface area contributed by atoms with E-state index in [-0.39, 0.29) is 11.8 Å². The molecular weight excluding hydrogens is 326 g/mol. The Balaban J connectivity index is 1.57. The van der Waals surface area contributed by atoms with E-state index >= 15 is 0 Å². The van der Waals surface area contributed by atoms with E-state index in [1.165, 1.54) is 19.3 Å². The van der Waals surface area contributed by atoms with Gasteiger partial charge in [-0.05, 0) is 37.4 Å². The van der Waals surface area contributed by atoms with Crippen LogP contribution in [0.3, 0.4) is 0 Å². The van der Waals surface area contributed by atoms with E-state index in [9.17, 15) is 5.11 Å². The van der Waals surface area contributed by atoms with Gasteiger partial charge in [0, 0.05) is 18.1 Å². The highest BCUT2D eigenvalue weighted by Gasteiger charge is 2.15. The SMILES string of the molecule is OC(CON=C(Cl)c1nccc2ccccc12)CN1CCCCC1. The Hall–Kier alpha value is -1.69. The number of oxime groups is 1. The molecule has 24 heavy (non-hydrogen) atoms. The first-order chi connectivity index (χ1) is 11.7. The summed E-state index contributed by atoms with van der Waals surface area (Å²) < 4.78 is 0. The van der Waals surface area contributed by atoms with Gasteiger partial charge < -0.3 is 14.8 Å². The molecule has 0 amide bonds. The third-order valence-corrected chi connectivity index (χ3v) is 4.45. The average Bonchev–Trinajstić information content (AvgIpc) is 2.62. The molecule has 0 aliphatic carbocycles. The Morgan fingerprint density at radius 1 is 1.25 bits per heavy atom.